The zero-order chi connectivity index (χ0) is 24.8. The number of nitrogens with zero attached hydrogens (tertiary/aromatic N) is 3. The minimum Gasteiger partial charge on any atom is -0.494 e. The summed E-state index contributed by atoms with van der Waals surface area (Å²) in [6, 6.07) is 14.1. The van der Waals surface area contributed by atoms with E-state index < -0.39 is 10.0 Å². The van der Waals surface area contributed by atoms with Gasteiger partial charge < -0.3 is 19.3 Å². The summed E-state index contributed by atoms with van der Waals surface area (Å²) in [7, 11) is -2.12. The van der Waals surface area contributed by atoms with Crippen molar-refractivity contribution in [2.75, 3.05) is 50.7 Å². The Labute approximate surface area is 210 Å². The van der Waals surface area contributed by atoms with E-state index in [0.29, 0.717) is 36.4 Å². The number of ether oxygens (including phenoxy) is 2. The lowest BCUT2D eigenvalue weighted by Gasteiger charge is -2.31. The van der Waals surface area contributed by atoms with Crippen LogP contribution in [0.25, 0.3) is 0 Å². The molecular weight excluding hydrogens is 462 g/mol. The van der Waals surface area contributed by atoms with E-state index in [4.69, 9.17) is 9.47 Å². The minimum atomic E-state index is -3.68. The first kappa shape index (κ1) is 25.4. The first-order valence-electron chi connectivity index (χ1n) is 12.5. The van der Waals surface area contributed by atoms with Gasteiger partial charge in [0.25, 0.3) is 10.0 Å². The van der Waals surface area contributed by atoms with Crippen LogP contribution in [0.15, 0.2) is 65.7 Å². The highest BCUT2D eigenvalue weighted by atomic mass is 32.2. The fourth-order valence-corrected chi connectivity index (χ4v) is 6.07. The number of rotatable bonds is 11. The second-order valence-electron chi connectivity index (χ2n) is 9.22. The highest BCUT2D eigenvalue weighted by molar-refractivity contribution is 7.92. The van der Waals surface area contributed by atoms with E-state index in [1.54, 1.807) is 55.6 Å². The first-order chi connectivity index (χ1) is 16.9. The topological polar surface area (TPSA) is 62.3 Å². The largest absolute Gasteiger partial charge is 0.494 e. The highest BCUT2D eigenvalue weighted by Gasteiger charge is 2.28. The SMILES string of the molecule is C=C(COc1ccc(N(C)S(=O)(=O)c2ccc(OCC)cc2)cc1)N1CCCC1CN1CCCC1. The van der Waals surface area contributed by atoms with E-state index in [2.05, 4.69) is 16.4 Å². The lowest BCUT2D eigenvalue weighted by Crippen LogP contribution is -2.39. The van der Waals surface area contributed by atoms with Crippen LogP contribution in [-0.2, 0) is 10.0 Å². The zero-order valence-electron chi connectivity index (χ0n) is 20.9. The normalized spacial score (nSPS) is 18.6. The van der Waals surface area contributed by atoms with Gasteiger partial charge >= 0.3 is 0 Å². The molecule has 2 fully saturated rings. The Morgan fingerprint density at radius 1 is 0.971 bits per heavy atom. The van der Waals surface area contributed by atoms with Crippen LogP contribution in [0, 0.1) is 0 Å². The lowest BCUT2D eigenvalue weighted by atomic mass is 10.2. The molecule has 7 nitrogen and oxygen atoms in total. The molecule has 190 valence electrons. The van der Waals surface area contributed by atoms with E-state index in [1.165, 1.54) is 43.1 Å². The smallest absolute Gasteiger partial charge is 0.264 e. The van der Waals surface area contributed by atoms with Gasteiger partial charge in [0.2, 0.25) is 0 Å². The van der Waals surface area contributed by atoms with E-state index in [1.807, 2.05) is 6.92 Å². The van der Waals surface area contributed by atoms with Crippen LogP contribution in [0.5, 0.6) is 11.5 Å². The van der Waals surface area contributed by atoms with Crippen molar-refractivity contribution in [2.24, 2.45) is 0 Å². The van der Waals surface area contributed by atoms with Gasteiger partial charge in [-0.3, -0.25) is 4.31 Å². The zero-order valence-corrected chi connectivity index (χ0v) is 21.7. The summed E-state index contributed by atoms with van der Waals surface area (Å²) in [5, 5.41) is 0. The molecule has 0 aromatic heterocycles. The molecule has 0 spiro atoms. The Morgan fingerprint density at radius 3 is 2.26 bits per heavy atom. The van der Waals surface area contributed by atoms with Crippen LogP contribution < -0.4 is 13.8 Å². The Balaban J connectivity index is 1.33. The Hall–Kier alpha value is -2.71. The van der Waals surface area contributed by atoms with Gasteiger partial charge in [0.1, 0.15) is 18.1 Å². The van der Waals surface area contributed by atoms with E-state index in [-0.39, 0.29) is 4.90 Å². The predicted octanol–water partition coefficient (Wildman–Crippen LogP) is 4.36. The quantitative estimate of drug-likeness (QED) is 0.458. The van der Waals surface area contributed by atoms with Crippen molar-refractivity contribution in [1.29, 1.82) is 0 Å². The summed E-state index contributed by atoms with van der Waals surface area (Å²) < 4.78 is 38.8. The van der Waals surface area contributed by atoms with Gasteiger partial charge in [-0.1, -0.05) is 6.58 Å². The minimum absolute atomic E-state index is 0.217. The second kappa shape index (κ2) is 11.4. The summed E-state index contributed by atoms with van der Waals surface area (Å²) in [4.78, 5) is 5.19. The maximum atomic E-state index is 13.0. The molecule has 2 aliphatic rings. The third kappa shape index (κ3) is 6.11. The number of hydrogen-bond acceptors (Lipinski definition) is 6. The molecule has 0 aliphatic carbocycles. The molecule has 2 aliphatic heterocycles. The van der Waals surface area contributed by atoms with E-state index in [0.717, 1.165) is 18.8 Å². The highest BCUT2D eigenvalue weighted by Crippen LogP contribution is 2.27. The van der Waals surface area contributed by atoms with Crippen LogP contribution in [-0.4, -0.2) is 70.7 Å². The van der Waals surface area contributed by atoms with Gasteiger partial charge in [0, 0.05) is 31.9 Å². The van der Waals surface area contributed by atoms with Crippen LogP contribution in [0.3, 0.4) is 0 Å². The van der Waals surface area contributed by atoms with Crippen molar-refractivity contribution in [2.45, 2.75) is 43.5 Å². The molecule has 2 aromatic rings. The fourth-order valence-electron chi connectivity index (χ4n) is 4.88. The molecule has 1 unspecified atom stereocenters. The second-order valence-corrected chi connectivity index (χ2v) is 11.2. The molecule has 0 radical (unpaired) electrons. The summed E-state index contributed by atoms with van der Waals surface area (Å²) in [5.41, 5.74) is 1.57. The van der Waals surface area contributed by atoms with Gasteiger partial charge in [-0.2, -0.15) is 0 Å². The molecule has 35 heavy (non-hydrogen) atoms. The summed E-state index contributed by atoms with van der Waals surface area (Å²) >= 11 is 0. The molecule has 0 bridgehead atoms. The van der Waals surface area contributed by atoms with Crippen molar-refractivity contribution in [3.8, 4) is 11.5 Å². The lowest BCUT2D eigenvalue weighted by molar-refractivity contribution is 0.204. The number of hydrogen-bond donors (Lipinski definition) is 0. The average molecular weight is 500 g/mol. The molecule has 0 saturated carbocycles. The molecule has 8 heteroatoms. The Kier molecular flexibility index (Phi) is 8.23. The monoisotopic (exact) mass is 499 g/mol. The van der Waals surface area contributed by atoms with E-state index >= 15 is 0 Å². The summed E-state index contributed by atoms with van der Waals surface area (Å²) in [5.74, 6) is 1.34. The van der Waals surface area contributed by atoms with Crippen molar-refractivity contribution < 1.29 is 17.9 Å². The van der Waals surface area contributed by atoms with E-state index in [9.17, 15) is 8.42 Å². The predicted molar refractivity (Wildman–Crippen MR) is 140 cm³/mol. The molecule has 2 aromatic carbocycles. The molecule has 4 rings (SSSR count). The van der Waals surface area contributed by atoms with Crippen molar-refractivity contribution in [1.82, 2.24) is 9.80 Å². The van der Waals surface area contributed by atoms with Gasteiger partial charge in [-0.05, 0) is 94.2 Å². The molecule has 2 heterocycles. The van der Waals surface area contributed by atoms with Gasteiger partial charge in [-0.15, -0.1) is 0 Å². The number of benzene rings is 2. The molecule has 2 saturated heterocycles. The summed E-state index contributed by atoms with van der Waals surface area (Å²) in [6.45, 7) is 11.7. The fraction of sp³-hybridized carbons (Fsp3) is 0.481. The third-order valence-corrected chi connectivity index (χ3v) is 8.65. The van der Waals surface area contributed by atoms with Crippen LogP contribution >= 0.6 is 0 Å². The molecule has 0 amide bonds. The average Bonchev–Trinajstić information content (AvgIpc) is 3.56. The number of likely N-dealkylation sites (tertiary alicyclic amines) is 2. The maximum absolute atomic E-state index is 13.0. The van der Waals surface area contributed by atoms with Gasteiger partial charge in [0.15, 0.2) is 0 Å². The van der Waals surface area contributed by atoms with Crippen LogP contribution in [0.2, 0.25) is 0 Å². The van der Waals surface area contributed by atoms with Crippen molar-refractivity contribution in [3.05, 3.63) is 60.8 Å². The van der Waals surface area contributed by atoms with Crippen molar-refractivity contribution in [3.63, 3.8) is 0 Å². The maximum Gasteiger partial charge on any atom is 0.264 e. The molecule has 1 atom stereocenters. The van der Waals surface area contributed by atoms with Gasteiger partial charge in [0.05, 0.1) is 17.2 Å². The Morgan fingerprint density at radius 2 is 1.60 bits per heavy atom. The van der Waals surface area contributed by atoms with Crippen LogP contribution in [0.4, 0.5) is 5.69 Å². The number of anilines is 1. The van der Waals surface area contributed by atoms with Gasteiger partial charge in [-0.25, -0.2) is 8.42 Å². The molecular formula is C27H37N3O4S. The summed E-state index contributed by atoms with van der Waals surface area (Å²) in [6.07, 6.45) is 5.02. The standard InChI is InChI=1S/C27H37N3O4S/c1-4-33-25-13-15-27(16-14-25)35(31,32)28(3)23-9-11-26(12-10-23)34-21-22(2)30-19-7-8-24(30)20-29-17-5-6-18-29/h9-16,24H,2,4-8,17-21H2,1,3H3. The molecule has 0 N–H and O–H groups in total. The Bertz CT molecular complexity index is 1080. The number of sulfonamides is 1. The third-order valence-electron chi connectivity index (χ3n) is 6.85. The van der Waals surface area contributed by atoms with Crippen molar-refractivity contribution >= 4 is 15.7 Å². The van der Waals surface area contributed by atoms with Crippen LogP contribution in [0.1, 0.15) is 32.6 Å². The first-order valence-corrected chi connectivity index (χ1v) is 13.9.